The van der Waals surface area contributed by atoms with Crippen LogP contribution in [-0.2, 0) is 4.74 Å². The summed E-state index contributed by atoms with van der Waals surface area (Å²) < 4.78 is 5.47. The molecular weight excluding hydrogens is 238 g/mol. The van der Waals surface area contributed by atoms with Crippen LogP contribution in [0, 0.1) is 5.92 Å². The summed E-state index contributed by atoms with van der Waals surface area (Å²) in [6, 6.07) is 0.736. The van der Waals surface area contributed by atoms with Crippen LogP contribution in [0.4, 0.5) is 0 Å². The average Bonchev–Trinajstić information content (AvgIpc) is 3.20. The molecule has 0 spiro atoms. The summed E-state index contributed by atoms with van der Waals surface area (Å²) in [5.74, 6) is 0.867. The second-order valence-electron chi connectivity index (χ2n) is 6.47. The molecule has 3 rings (SSSR count). The van der Waals surface area contributed by atoms with Crippen LogP contribution < -0.4 is 5.73 Å². The number of ether oxygens (including phenoxy) is 1. The number of nitrogens with two attached hydrogens (primary N) is 1. The van der Waals surface area contributed by atoms with Gasteiger partial charge in [-0.1, -0.05) is 6.92 Å². The first-order valence-electron chi connectivity index (χ1n) is 8.07. The van der Waals surface area contributed by atoms with Gasteiger partial charge in [0.2, 0.25) is 0 Å². The van der Waals surface area contributed by atoms with Crippen molar-refractivity contribution in [3.8, 4) is 0 Å². The maximum Gasteiger partial charge on any atom is 0.0594 e. The number of hydrogen-bond donors (Lipinski definition) is 1. The highest BCUT2D eigenvalue weighted by atomic mass is 16.5. The monoisotopic (exact) mass is 267 g/mol. The van der Waals surface area contributed by atoms with Crippen molar-refractivity contribution in [1.82, 2.24) is 9.80 Å². The van der Waals surface area contributed by atoms with Crippen molar-refractivity contribution < 1.29 is 4.74 Å². The maximum absolute atomic E-state index is 6.19. The van der Waals surface area contributed by atoms with E-state index in [1.165, 1.54) is 38.8 Å². The highest BCUT2D eigenvalue weighted by Crippen LogP contribution is 2.46. The van der Waals surface area contributed by atoms with Crippen LogP contribution in [0.5, 0.6) is 0 Å². The summed E-state index contributed by atoms with van der Waals surface area (Å²) in [7, 11) is 0. The molecule has 0 aromatic heterocycles. The third-order valence-electron chi connectivity index (χ3n) is 5.66. The lowest BCUT2D eigenvalue weighted by Gasteiger charge is -2.42. The molecule has 2 atom stereocenters. The van der Waals surface area contributed by atoms with Gasteiger partial charge in [0.1, 0.15) is 0 Å². The molecule has 3 fully saturated rings. The number of rotatable bonds is 5. The molecule has 4 heteroatoms. The third kappa shape index (κ3) is 2.56. The van der Waals surface area contributed by atoms with Crippen LogP contribution >= 0.6 is 0 Å². The Bertz CT molecular complexity index is 296. The van der Waals surface area contributed by atoms with Crippen molar-refractivity contribution >= 4 is 0 Å². The van der Waals surface area contributed by atoms with Gasteiger partial charge >= 0.3 is 0 Å². The maximum atomic E-state index is 6.19. The molecule has 0 aromatic carbocycles. The van der Waals surface area contributed by atoms with Crippen molar-refractivity contribution in [2.45, 2.75) is 44.2 Å². The van der Waals surface area contributed by atoms with E-state index < -0.39 is 0 Å². The number of likely N-dealkylation sites (tertiary alicyclic amines) is 1. The average molecular weight is 267 g/mol. The van der Waals surface area contributed by atoms with Gasteiger partial charge < -0.3 is 10.5 Å². The fourth-order valence-corrected chi connectivity index (χ4v) is 4.22. The molecule has 0 radical (unpaired) electrons. The molecule has 2 saturated heterocycles. The lowest BCUT2D eigenvalue weighted by Crippen LogP contribution is -2.55. The minimum atomic E-state index is 0.307. The van der Waals surface area contributed by atoms with Crippen LogP contribution in [-0.4, -0.2) is 67.3 Å². The van der Waals surface area contributed by atoms with E-state index in [0.717, 1.165) is 44.8 Å². The second kappa shape index (κ2) is 5.68. The Morgan fingerprint density at radius 1 is 1.16 bits per heavy atom. The molecule has 2 aliphatic heterocycles. The minimum Gasteiger partial charge on any atom is -0.379 e. The lowest BCUT2D eigenvalue weighted by atomic mass is 9.88. The Balaban J connectivity index is 1.63. The molecule has 3 aliphatic rings. The van der Waals surface area contributed by atoms with E-state index in [2.05, 4.69) is 16.7 Å². The molecule has 110 valence electrons. The molecule has 0 bridgehead atoms. The van der Waals surface area contributed by atoms with E-state index in [0.29, 0.717) is 5.54 Å². The van der Waals surface area contributed by atoms with E-state index in [1.54, 1.807) is 0 Å². The molecule has 2 unspecified atom stereocenters. The first kappa shape index (κ1) is 13.8. The standard InChI is InChI=1S/C15H29N3O/c1-2-15(12-16,13-3-4-13)18-6-5-14(11-18)17-7-9-19-10-8-17/h13-14H,2-12,16H2,1H3. The highest BCUT2D eigenvalue weighted by Gasteiger charge is 2.49. The molecule has 2 heterocycles. The lowest BCUT2D eigenvalue weighted by molar-refractivity contribution is 0.0130. The van der Waals surface area contributed by atoms with Gasteiger partial charge in [0, 0.05) is 44.3 Å². The van der Waals surface area contributed by atoms with E-state index in [-0.39, 0.29) is 0 Å². The first-order chi connectivity index (χ1) is 9.30. The van der Waals surface area contributed by atoms with Crippen molar-refractivity contribution in [2.75, 3.05) is 45.9 Å². The topological polar surface area (TPSA) is 41.7 Å². The Morgan fingerprint density at radius 3 is 2.47 bits per heavy atom. The van der Waals surface area contributed by atoms with Crippen molar-refractivity contribution in [3.63, 3.8) is 0 Å². The summed E-state index contributed by atoms with van der Waals surface area (Å²) >= 11 is 0. The van der Waals surface area contributed by atoms with Gasteiger partial charge in [0.05, 0.1) is 13.2 Å². The van der Waals surface area contributed by atoms with Gasteiger partial charge in [-0.15, -0.1) is 0 Å². The fraction of sp³-hybridized carbons (Fsp3) is 1.00. The normalized spacial score (nSPS) is 33.5. The van der Waals surface area contributed by atoms with Crippen molar-refractivity contribution in [1.29, 1.82) is 0 Å². The van der Waals surface area contributed by atoms with Gasteiger partial charge in [-0.3, -0.25) is 9.80 Å². The Labute approximate surface area is 117 Å². The quantitative estimate of drug-likeness (QED) is 0.804. The van der Waals surface area contributed by atoms with Crippen molar-refractivity contribution in [3.05, 3.63) is 0 Å². The summed E-state index contributed by atoms with van der Waals surface area (Å²) in [6.07, 6.45) is 5.31. The van der Waals surface area contributed by atoms with Crippen LogP contribution in [0.25, 0.3) is 0 Å². The minimum absolute atomic E-state index is 0.307. The summed E-state index contributed by atoms with van der Waals surface area (Å²) in [5, 5.41) is 0. The molecule has 0 amide bonds. The fourth-order valence-electron chi connectivity index (χ4n) is 4.22. The van der Waals surface area contributed by atoms with E-state index in [1.807, 2.05) is 0 Å². The first-order valence-corrected chi connectivity index (χ1v) is 8.07. The zero-order chi connectivity index (χ0) is 13.3. The van der Waals surface area contributed by atoms with Gasteiger partial charge in [0.25, 0.3) is 0 Å². The molecule has 19 heavy (non-hydrogen) atoms. The summed E-state index contributed by atoms with van der Waals surface area (Å²) in [4.78, 5) is 5.36. The van der Waals surface area contributed by atoms with Gasteiger partial charge in [0.15, 0.2) is 0 Å². The van der Waals surface area contributed by atoms with Gasteiger partial charge in [-0.2, -0.15) is 0 Å². The third-order valence-corrected chi connectivity index (χ3v) is 5.66. The van der Waals surface area contributed by atoms with Crippen LogP contribution in [0.15, 0.2) is 0 Å². The smallest absolute Gasteiger partial charge is 0.0594 e. The number of morpholine rings is 1. The van der Waals surface area contributed by atoms with Crippen LogP contribution in [0.3, 0.4) is 0 Å². The highest BCUT2D eigenvalue weighted by molar-refractivity contribution is 5.05. The van der Waals surface area contributed by atoms with Gasteiger partial charge in [-0.05, 0) is 31.6 Å². The largest absolute Gasteiger partial charge is 0.379 e. The Kier molecular flexibility index (Phi) is 4.13. The zero-order valence-electron chi connectivity index (χ0n) is 12.3. The second-order valence-corrected chi connectivity index (χ2v) is 6.47. The SMILES string of the molecule is CCC(CN)(C1CC1)N1CCC(N2CCOCC2)C1. The molecule has 1 saturated carbocycles. The predicted octanol–water partition coefficient (Wildman–Crippen LogP) is 0.910. The zero-order valence-corrected chi connectivity index (χ0v) is 12.3. The van der Waals surface area contributed by atoms with E-state index in [4.69, 9.17) is 10.5 Å². The molecular formula is C15H29N3O. The predicted molar refractivity (Wildman–Crippen MR) is 77.2 cm³/mol. The van der Waals surface area contributed by atoms with Crippen LogP contribution in [0.2, 0.25) is 0 Å². The van der Waals surface area contributed by atoms with Gasteiger partial charge in [-0.25, -0.2) is 0 Å². The summed E-state index contributed by atoms with van der Waals surface area (Å²) in [5.41, 5.74) is 6.49. The molecule has 1 aliphatic carbocycles. The Hall–Kier alpha value is -0.160. The van der Waals surface area contributed by atoms with Crippen LogP contribution in [0.1, 0.15) is 32.6 Å². The van der Waals surface area contributed by atoms with E-state index in [9.17, 15) is 0 Å². The molecule has 0 aromatic rings. The summed E-state index contributed by atoms with van der Waals surface area (Å²) in [6.45, 7) is 9.68. The Morgan fingerprint density at radius 2 is 1.89 bits per heavy atom. The molecule has 4 nitrogen and oxygen atoms in total. The molecule has 2 N–H and O–H groups in total. The number of hydrogen-bond acceptors (Lipinski definition) is 4. The van der Waals surface area contributed by atoms with Crippen molar-refractivity contribution in [2.24, 2.45) is 11.7 Å². The number of nitrogens with zero attached hydrogens (tertiary/aromatic N) is 2. The van der Waals surface area contributed by atoms with E-state index >= 15 is 0 Å².